The zero-order chi connectivity index (χ0) is 17.9. The van der Waals surface area contributed by atoms with Gasteiger partial charge in [0, 0.05) is 5.57 Å². The predicted molar refractivity (Wildman–Crippen MR) is 95.4 cm³/mol. The van der Waals surface area contributed by atoms with Crippen LogP contribution in [0.2, 0.25) is 0 Å². The van der Waals surface area contributed by atoms with Gasteiger partial charge in [0.15, 0.2) is 0 Å². The average molecular weight is 346 g/mol. The third-order valence-corrected chi connectivity index (χ3v) is 4.70. The number of nitrogens with zero attached hydrogens (tertiary/aromatic N) is 1. The van der Waals surface area contributed by atoms with E-state index < -0.39 is 8.15 Å². The van der Waals surface area contributed by atoms with Crippen molar-refractivity contribution >= 4 is 19.6 Å². The fraction of sp³-hybridized carbons (Fsp3) is 0.765. The number of esters is 1. The van der Waals surface area contributed by atoms with E-state index in [0.29, 0.717) is 29.4 Å². The molecule has 0 aliphatic heterocycles. The molecular formula is C17H33NO4P+. The van der Waals surface area contributed by atoms with Crippen LogP contribution in [-0.4, -0.2) is 61.3 Å². The molecule has 1 N–H and O–H groups in total. The minimum atomic E-state index is -1.47. The third kappa shape index (κ3) is 13.4. The van der Waals surface area contributed by atoms with Crippen molar-refractivity contribution < 1.29 is 23.7 Å². The molecule has 0 fully saturated rings. The lowest BCUT2D eigenvalue weighted by molar-refractivity contribution is -0.861. The van der Waals surface area contributed by atoms with Crippen molar-refractivity contribution in [2.45, 2.75) is 45.4 Å². The van der Waals surface area contributed by atoms with E-state index in [2.05, 4.69) is 6.58 Å². The summed E-state index contributed by atoms with van der Waals surface area (Å²) in [4.78, 5) is 32.9. The van der Waals surface area contributed by atoms with Crippen molar-refractivity contribution in [3.8, 4) is 0 Å². The zero-order valence-electron chi connectivity index (χ0n) is 15.1. The molecule has 0 aromatic rings. The lowest BCUT2D eigenvalue weighted by atomic mass is 10.1. The van der Waals surface area contributed by atoms with Crippen molar-refractivity contribution in [1.82, 2.24) is 0 Å². The van der Waals surface area contributed by atoms with E-state index in [0.717, 1.165) is 38.5 Å². The van der Waals surface area contributed by atoms with Gasteiger partial charge >= 0.3 is 5.97 Å². The van der Waals surface area contributed by atoms with Crippen molar-refractivity contribution in [2.24, 2.45) is 0 Å². The first-order chi connectivity index (χ1) is 10.6. The molecule has 1 atom stereocenters. The standard InChI is InChI=1S/C17H33NO4P/c1-15(2)17(20)22-12-10-8-6-7-9-11-13-23(21)16(19)14-18(3,4)5/h21H,1,6-14H2,2-5H3/q+1. The van der Waals surface area contributed by atoms with Crippen molar-refractivity contribution in [1.29, 1.82) is 0 Å². The van der Waals surface area contributed by atoms with E-state index in [1.165, 1.54) is 0 Å². The summed E-state index contributed by atoms with van der Waals surface area (Å²) < 4.78 is 5.58. The monoisotopic (exact) mass is 346 g/mol. The van der Waals surface area contributed by atoms with E-state index in [4.69, 9.17) is 4.74 Å². The van der Waals surface area contributed by atoms with E-state index in [9.17, 15) is 14.5 Å². The largest absolute Gasteiger partial charge is 0.462 e. The van der Waals surface area contributed by atoms with Crippen LogP contribution < -0.4 is 0 Å². The van der Waals surface area contributed by atoms with Crippen LogP contribution in [0.3, 0.4) is 0 Å². The predicted octanol–water partition coefficient (Wildman–Crippen LogP) is 3.07. The molecule has 0 saturated carbocycles. The van der Waals surface area contributed by atoms with Crippen molar-refractivity contribution in [3.63, 3.8) is 0 Å². The molecule has 5 nitrogen and oxygen atoms in total. The molecule has 6 heteroatoms. The first-order valence-electron chi connectivity index (χ1n) is 8.26. The highest BCUT2D eigenvalue weighted by Gasteiger charge is 2.21. The number of unbranched alkanes of at least 4 members (excludes halogenated alkanes) is 5. The van der Waals surface area contributed by atoms with E-state index in [-0.39, 0.29) is 11.5 Å². The van der Waals surface area contributed by atoms with E-state index >= 15 is 0 Å². The molecule has 1 unspecified atom stereocenters. The molecule has 0 aliphatic rings. The molecule has 0 aliphatic carbocycles. The summed E-state index contributed by atoms with van der Waals surface area (Å²) in [5.74, 6) is -0.320. The van der Waals surface area contributed by atoms with Gasteiger partial charge in [-0.15, -0.1) is 0 Å². The number of carbonyl (C=O) groups is 2. The summed E-state index contributed by atoms with van der Waals surface area (Å²) >= 11 is 0. The summed E-state index contributed by atoms with van der Waals surface area (Å²) in [6.07, 6.45) is 6.61. The fourth-order valence-electron chi connectivity index (χ4n) is 1.97. The van der Waals surface area contributed by atoms with Crippen LogP contribution in [0.5, 0.6) is 0 Å². The van der Waals surface area contributed by atoms with Crippen LogP contribution >= 0.6 is 8.15 Å². The minimum Gasteiger partial charge on any atom is -0.462 e. The molecule has 0 spiro atoms. The average Bonchev–Trinajstić information content (AvgIpc) is 2.42. The molecule has 0 radical (unpaired) electrons. The Balaban J connectivity index is 3.51. The van der Waals surface area contributed by atoms with Crippen LogP contribution in [0.25, 0.3) is 0 Å². The Morgan fingerprint density at radius 2 is 1.57 bits per heavy atom. The van der Waals surface area contributed by atoms with Gasteiger partial charge in [0.25, 0.3) is 0 Å². The minimum absolute atomic E-state index is 0.00757. The summed E-state index contributed by atoms with van der Waals surface area (Å²) in [5.41, 5.74) is 0.428. The number of likely N-dealkylation sites (N-methyl/N-ethyl adjacent to an activating group) is 1. The molecule has 0 saturated heterocycles. The Labute approximate surface area is 142 Å². The second-order valence-corrected chi connectivity index (χ2v) is 8.75. The van der Waals surface area contributed by atoms with Gasteiger partial charge in [-0.25, -0.2) is 4.79 Å². The first kappa shape index (κ1) is 22.2. The van der Waals surface area contributed by atoms with E-state index in [1.54, 1.807) is 6.92 Å². The molecule has 23 heavy (non-hydrogen) atoms. The summed E-state index contributed by atoms with van der Waals surface area (Å²) in [6, 6.07) is 0. The van der Waals surface area contributed by atoms with Gasteiger partial charge in [0.05, 0.1) is 27.7 Å². The summed E-state index contributed by atoms with van der Waals surface area (Å²) in [6.45, 7) is 6.02. The van der Waals surface area contributed by atoms with Crippen LogP contribution in [0.4, 0.5) is 0 Å². The SMILES string of the molecule is C=C(C)C(=O)OCCCCCCCCP(O)C(=O)C[N+](C)(C)C. The van der Waals surface area contributed by atoms with Crippen molar-refractivity contribution in [3.05, 3.63) is 12.2 Å². The summed E-state index contributed by atoms with van der Waals surface area (Å²) in [5, 5.41) is 0. The van der Waals surface area contributed by atoms with Gasteiger partial charge in [-0.05, 0) is 25.9 Å². The van der Waals surface area contributed by atoms with Gasteiger partial charge in [0.2, 0.25) is 5.52 Å². The smallest absolute Gasteiger partial charge is 0.333 e. The second kappa shape index (κ2) is 11.7. The number of rotatable bonds is 13. The molecule has 0 heterocycles. The highest BCUT2D eigenvalue weighted by atomic mass is 31.1. The molecular weight excluding hydrogens is 313 g/mol. The normalized spacial score (nSPS) is 12.7. The number of hydrogen-bond donors (Lipinski definition) is 1. The van der Waals surface area contributed by atoms with Crippen LogP contribution in [0.1, 0.15) is 45.4 Å². The van der Waals surface area contributed by atoms with Crippen LogP contribution in [0.15, 0.2) is 12.2 Å². The second-order valence-electron chi connectivity index (χ2n) is 7.00. The zero-order valence-corrected chi connectivity index (χ0v) is 16.0. The number of carbonyl (C=O) groups excluding carboxylic acids is 2. The summed E-state index contributed by atoms with van der Waals surface area (Å²) in [7, 11) is 4.39. The Bertz CT molecular complexity index is 391. The van der Waals surface area contributed by atoms with Gasteiger partial charge in [-0.2, -0.15) is 0 Å². The number of quaternary nitrogens is 1. The maximum Gasteiger partial charge on any atom is 0.333 e. The van der Waals surface area contributed by atoms with Gasteiger partial charge < -0.3 is 14.1 Å². The first-order valence-corrected chi connectivity index (χ1v) is 9.74. The number of ether oxygens (including phenoxy) is 1. The number of hydrogen-bond acceptors (Lipinski definition) is 4. The lowest BCUT2D eigenvalue weighted by Crippen LogP contribution is -2.39. The van der Waals surface area contributed by atoms with E-state index in [1.807, 2.05) is 21.1 Å². The van der Waals surface area contributed by atoms with Gasteiger partial charge in [-0.3, -0.25) is 4.79 Å². The Morgan fingerprint density at radius 3 is 2.09 bits per heavy atom. The maximum absolute atomic E-state index is 11.8. The molecule has 0 rings (SSSR count). The van der Waals surface area contributed by atoms with Gasteiger partial charge in [-0.1, -0.05) is 32.3 Å². The Kier molecular flexibility index (Phi) is 11.3. The molecule has 0 aromatic carbocycles. The van der Waals surface area contributed by atoms with Crippen LogP contribution in [0, 0.1) is 0 Å². The lowest BCUT2D eigenvalue weighted by Gasteiger charge is -2.23. The van der Waals surface area contributed by atoms with Gasteiger partial charge in [0.1, 0.15) is 14.7 Å². The fourth-order valence-corrected chi connectivity index (χ4v) is 3.33. The topological polar surface area (TPSA) is 63.6 Å². The third-order valence-electron chi connectivity index (χ3n) is 3.24. The molecule has 0 amide bonds. The highest BCUT2D eigenvalue weighted by Crippen LogP contribution is 2.33. The maximum atomic E-state index is 11.8. The Hall–Kier alpha value is -0.770. The molecule has 134 valence electrons. The Morgan fingerprint density at radius 1 is 1.04 bits per heavy atom. The van der Waals surface area contributed by atoms with Crippen molar-refractivity contribution in [2.75, 3.05) is 40.5 Å². The van der Waals surface area contributed by atoms with Crippen LogP contribution in [-0.2, 0) is 14.3 Å². The molecule has 0 aromatic heterocycles. The molecule has 0 bridgehead atoms. The quantitative estimate of drug-likeness (QED) is 0.183. The highest BCUT2D eigenvalue weighted by molar-refractivity contribution is 7.69.